The molecular formula is C27H27N7O. The van der Waals surface area contributed by atoms with Gasteiger partial charge in [0.25, 0.3) is 0 Å². The van der Waals surface area contributed by atoms with Gasteiger partial charge in [-0.3, -0.25) is 14.1 Å². The van der Waals surface area contributed by atoms with Crippen molar-refractivity contribution in [1.82, 2.24) is 34.7 Å². The fourth-order valence-corrected chi connectivity index (χ4v) is 4.34. The molecule has 5 rings (SSSR count). The molecule has 3 heterocycles. The molecular weight excluding hydrogens is 438 g/mol. The summed E-state index contributed by atoms with van der Waals surface area (Å²) in [6.07, 6.45) is 8.25. The van der Waals surface area contributed by atoms with E-state index >= 15 is 0 Å². The minimum absolute atomic E-state index is 0.0424. The Morgan fingerprint density at radius 2 is 1.74 bits per heavy atom. The molecule has 0 atom stereocenters. The van der Waals surface area contributed by atoms with Crippen molar-refractivity contribution < 1.29 is 0 Å². The third kappa shape index (κ3) is 4.96. The summed E-state index contributed by atoms with van der Waals surface area (Å²) in [5.74, 6) is 0.596. The highest BCUT2D eigenvalue weighted by Gasteiger charge is 2.13. The van der Waals surface area contributed by atoms with Gasteiger partial charge in [0.15, 0.2) is 5.82 Å². The number of aromatic nitrogens is 7. The minimum atomic E-state index is 0.0424. The molecule has 0 radical (unpaired) electrons. The molecule has 0 amide bonds. The van der Waals surface area contributed by atoms with Gasteiger partial charge < -0.3 is 0 Å². The molecule has 0 saturated heterocycles. The fourth-order valence-electron chi connectivity index (χ4n) is 4.34. The van der Waals surface area contributed by atoms with Gasteiger partial charge in [0.1, 0.15) is 0 Å². The molecule has 2 aromatic carbocycles. The van der Waals surface area contributed by atoms with E-state index in [2.05, 4.69) is 68.9 Å². The van der Waals surface area contributed by atoms with Crippen LogP contribution in [0.15, 0.2) is 84.0 Å². The van der Waals surface area contributed by atoms with Crippen LogP contribution in [0.2, 0.25) is 0 Å². The van der Waals surface area contributed by atoms with Crippen LogP contribution in [0.4, 0.5) is 0 Å². The lowest BCUT2D eigenvalue weighted by Gasteiger charge is -2.09. The van der Waals surface area contributed by atoms with Crippen LogP contribution in [0, 0.1) is 0 Å². The average molecular weight is 466 g/mol. The minimum Gasteiger partial charge on any atom is -0.299 e. The van der Waals surface area contributed by atoms with Gasteiger partial charge in [0.2, 0.25) is 0 Å². The maximum atomic E-state index is 13.3. The third-order valence-corrected chi connectivity index (χ3v) is 6.15. The average Bonchev–Trinajstić information content (AvgIpc) is 3.54. The molecule has 176 valence electrons. The summed E-state index contributed by atoms with van der Waals surface area (Å²) in [5.41, 5.74) is 6.25. The number of hydrogen-bond acceptors (Lipinski definition) is 5. The first-order chi connectivity index (χ1) is 17.2. The number of nitrogens with zero attached hydrogens (tertiary/aromatic N) is 6. The van der Waals surface area contributed by atoms with Crippen LogP contribution in [0.5, 0.6) is 0 Å². The highest BCUT2D eigenvalue weighted by Crippen LogP contribution is 2.29. The van der Waals surface area contributed by atoms with Crippen LogP contribution >= 0.6 is 0 Å². The predicted molar refractivity (Wildman–Crippen MR) is 135 cm³/mol. The highest BCUT2D eigenvalue weighted by atomic mass is 16.1. The first kappa shape index (κ1) is 22.5. The number of aryl methyl sites for hydroxylation is 3. The van der Waals surface area contributed by atoms with Crippen LogP contribution in [-0.2, 0) is 25.9 Å². The number of imidazole rings is 1. The van der Waals surface area contributed by atoms with Crippen molar-refractivity contribution in [1.29, 1.82) is 0 Å². The lowest BCUT2D eigenvalue weighted by Crippen LogP contribution is -2.26. The van der Waals surface area contributed by atoms with Crippen LogP contribution in [0.3, 0.4) is 0 Å². The first-order valence-electron chi connectivity index (χ1n) is 11.8. The zero-order valence-electron chi connectivity index (χ0n) is 19.6. The number of tetrazole rings is 1. The number of H-pyrrole nitrogens is 1. The van der Waals surface area contributed by atoms with E-state index in [1.54, 1.807) is 6.20 Å². The molecule has 0 saturated carbocycles. The van der Waals surface area contributed by atoms with Crippen molar-refractivity contribution in [2.75, 3.05) is 0 Å². The van der Waals surface area contributed by atoms with E-state index in [1.165, 1.54) is 5.56 Å². The number of rotatable bonds is 9. The normalized spacial score (nSPS) is 11.1. The molecule has 0 unspecified atom stereocenters. The van der Waals surface area contributed by atoms with Crippen molar-refractivity contribution in [3.05, 3.63) is 107 Å². The molecule has 0 aliphatic carbocycles. The zero-order chi connectivity index (χ0) is 24.0. The van der Waals surface area contributed by atoms with E-state index in [1.807, 2.05) is 45.8 Å². The summed E-state index contributed by atoms with van der Waals surface area (Å²) in [4.78, 5) is 17.5. The van der Waals surface area contributed by atoms with E-state index in [4.69, 9.17) is 0 Å². The van der Waals surface area contributed by atoms with Gasteiger partial charge in [0, 0.05) is 42.0 Å². The van der Waals surface area contributed by atoms with E-state index in [0.717, 1.165) is 47.2 Å². The largest absolute Gasteiger partial charge is 0.328 e. The Hall–Kier alpha value is -4.33. The van der Waals surface area contributed by atoms with Crippen LogP contribution in [0.1, 0.15) is 30.2 Å². The molecule has 35 heavy (non-hydrogen) atoms. The molecule has 5 aromatic rings. The monoisotopic (exact) mass is 465 g/mol. The molecule has 0 bridgehead atoms. The third-order valence-electron chi connectivity index (χ3n) is 6.15. The summed E-state index contributed by atoms with van der Waals surface area (Å²) in [7, 11) is 0. The van der Waals surface area contributed by atoms with Crippen LogP contribution < -0.4 is 5.69 Å². The second-order valence-corrected chi connectivity index (χ2v) is 8.54. The van der Waals surface area contributed by atoms with Gasteiger partial charge in [-0.25, -0.2) is 9.89 Å². The second kappa shape index (κ2) is 10.3. The summed E-state index contributed by atoms with van der Waals surface area (Å²) in [5, 5.41) is 14.2. The van der Waals surface area contributed by atoms with Crippen LogP contribution in [-0.4, -0.2) is 34.7 Å². The number of nitrogens with one attached hydrogen (secondary N) is 1. The first-order valence-corrected chi connectivity index (χ1v) is 11.8. The van der Waals surface area contributed by atoms with Gasteiger partial charge in [-0.1, -0.05) is 67.9 Å². The fraction of sp³-hybridized carbons (Fsp3) is 0.222. The molecule has 0 aliphatic heterocycles. The van der Waals surface area contributed by atoms with Crippen molar-refractivity contribution in [3.8, 4) is 22.5 Å². The number of hydrogen-bond donors (Lipinski definition) is 1. The second-order valence-electron chi connectivity index (χ2n) is 8.54. The SMILES string of the molecule is CCCc1cn(CCc2ccccc2)c(=O)n1Cc1ccc(-c2cnccc2-c2nnn[nH]2)cc1. The summed E-state index contributed by atoms with van der Waals surface area (Å²) >= 11 is 0. The Bertz CT molecular complexity index is 1440. The lowest BCUT2D eigenvalue weighted by molar-refractivity contribution is 0.628. The molecule has 0 spiro atoms. The highest BCUT2D eigenvalue weighted by molar-refractivity contribution is 5.79. The van der Waals surface area contributed by atoms with Gasteiger partial charge in [0.05, 0.1) is 6.54 Å². The van der Waals surface area contributed by atoms with E-state index in [-0.39, 0.29) is 5.69 Å². The summed E-state index contributed by atoms with van der Waals surface area (Å²) in [6, 6.07) is 20.4. The standard InChI is InChI=1S/C27H27N7O/c1-2-6-23-19-33(16-14-20-7-4-3-5-8-20)27(35)34(23)18-21-9-11-22(12-10-21)25-17-28-15-13-24(25)26-29-31-32-30-26/h3-5,7-13,15,17,19H,2,6,14,16,18H2,1H3,(H,29,30,31,32). The number of pyridine rings is 1. The quantitative estimate of drug-likeness (QED) is 0.353. The van der Waals surface area contributed by atoms with Crippen LogP contribution in [0.25, 0.3) is 22.5 Å². The Morgan fingerprint density at radius 3 is 2.49 bits per heavy atom. The molecule has 8 heteroatoms. The maximum Gasteiger partial charge on any atom is 0.328 e. The number of benzene rings is 2. The smallest absolute Gasteiger partial charge is 0.299 e. The Labute approximate surface area is 203 Å². The van der Waals surface area contributed by atoms with Gasteiger partial charge in [-0.15, -0.1) is 5.10 Å². The molecule has 3 aromatic heterocycles. The van der Waals surface area contributed by atoms with Gasteiger partial charge in [-0.2, -0.15) is 0 Å². The maximum absolute atomic E-state index is 13.3. The van der Waals surface area contributed by atoms with Crippen molar-refractivity contribution in [2.45, 2.75) is 39.3 Å². The number of aromatic amines is 1. The van der Waals surface area contributed by atoms with Crippen molar-refractivity contribution >= 4 is 0 Å². The topological polar surface area (TPSA) is 94.3 Å². The Balaban J connectivity index is 1.38. The molecule has 8 nitrogen and oxygen atoms in total. The Kier molecular flexibility index (Phi) is 6.61. The van der Waals surface area contributed by atoms with E-state index < -0.39 is 0 Å². The van der Waals surface area contributed by atoms with Gasteiger partial charge in [-0.05, 0) is 46.0 Å². The Morgan fingerprint density at radius 1 is 0.914 bits per heavy atom. The van der Waals surface area contributed by atoms with E-state index in [9.17, 15) is 4.79 Å². The van der Waals surface area contributed by atoms with E-state index in [0.29, 0.717) is 18.9 Å². The predicted octanol–water partition coefficient (Wildman–Crippen LogP) is 4.14. The zero-order valence-corrected chi connectivity index (χ0v) is 19.6. The molecule has 0 aliphatic rings. The summed E-state index contributed by atoms with van der Waals surface area (Å²) in [6.45, 7) is 3.35. The van der Waals surface area contributed by atoms with Crippen molar-refractivity contribution in [2.24, 2.45) is 0 Å². The molecule has 0 fully saturated rings. The summed E-state index contributed by atoms with van der Waals surface area (Å²) < 4.78 is 3.75. The molecule has 1 N–H and O–H groups in total. The van der Waals surface area contributed by atoms with Crippen molar-refractivity contribution in [3.63, 3.8) is 0 Å². The lowest BCUT2D eigenvalue weighted by atomic mass is 10.0. The van der Waals surface area contributed by atoms with Gasteiger partial charge >= 0.3 is 5.69 Å².